The largest absolute Gasteiger partial charge is 0.356 e. The van der Waals surface area contributed by atoms with Gasteiger partial charge in [-0.05, 0) is 74.5 Å². The molecule has 0 aromatic rings. The molecule has 0 aliphatic heterocycles. The van der Waals surface area contributed by atoms with Crippen molar-refractivity contribution in [3.8, 4) is 0 Å². The van der Waals surface area contributed by atoms with Crippen LogP contribution < -0.4 is 5.32 Å². The van der Waals surface area contributed by atoms with Gasteiger partial charge in [0.1, 0.15) is 0 Å². The first-order chi connectivity index (χ1) is 10.2. The van der Waals surface area contributed by atoms with Crippen molar-refractivity contribution in [2.24, 2.45) is 23.2 Å². The van der Waals surface area contributed by atoms with Crippen LogP contribution in [0, 0.1) is 23.2 Å². The van der Waals surface area contributed by atoms with Crippen molar-refractivity contribution in [2.45, 2.75) is 70.6 Å². The quantitative estimate of drug-likeness (QED) is 0.497. The van der Waals surface area contributed by atoms with Gasteiger partial charge in [-0.3, -0.25) is 4.79 Å². The Balaban J connectivity index is 1.39. The minimum absolute atomic E-state index is 0.331. The van der Waals surface area contributed by atoms with Crippen LogP contribution in [0.4, 0.5) is 0 Å². The number of alkyl halides is 1. The summed E-state index contributed by atoms with van der Waals surface area (Å²) in [5.41, 5.74) is 0.398. The number of unbranched alkanes of at least 4 members (excludes halogenated alkanes) is 3. The Morgan fingerprint density at radius 1 is 0.952 bits per heavy atom. The second kappa shape index (κ2) is 7.02. The van der Waals surface area contributed by atoms with E-state index in [2.05, 4.69) is 21.2 Å². The standard InChI is InChI=1S/C18H30BrNO/c19-5-3-1-2-4-6-20-17(21)13-18-10-14-7-15(11-18)9-16(8-14)12-18/h14-16H,1-13H2,(H,20,21). The number of halogens is 1. The van der Waals surface area contributed by atoms with Crippen molar-refractivity contribution >= 4 is 21.8 Å². The van der Waals surface area contributed by atoms with Crippen LogP contribution in [-0.2, 0) is 4.79 Å². The van der Waals surface area contributed by atoms with Gasteiger partial charge in [0, 0.05) is 18.3 Å². The molecule has 0 saturated heterocycles. The lowest BCUT2D eigenvalue weighted by atomic mass is 9.49. The smallest absolute Gasteiger partial charge is 0.220 e. The van der Waals surface area contributed by atoms with E-state index in [1.165, 1.54) is 57.8 Å². The molecule has 1 amide bonds. The molecule has 0 atom stereocenters. The Kier molecular flexibility index (Phi) is 5.29. The Morgan fingerprint density at radius 3 is 2.10 bits per heavy atom. The van der Waals surface area contributed by atoms with Crippen molar-refractivity contribution in [3.05, 3.63) is 0 Å². The fourth-order valence-corrected chi connectivity index (χ4v) is 6.11. The molecule has 0 heterocycles. The van der Waals surface area contributed by atoms with Gasteiger partial charge in [0.15, 0.2) is 0 Å². The molecule has 120 valence electrons. The van der Waals surface area contributed by atoms with E-state index >= 15 is 0 Å². The zero-order valence-corrected chi connectivity index (χ0v) is 14.8. The number of carbonyl (C=O) groups excluding carboxylic acids is 1. The number of hydrogen-bond donors (Lipinski definition) is 1. The minimum atomic E-state index is 0.331. The summed E-state index contributed by atoms with van der Waals surface area (Å²) in [5, 5.41) is 4.29. The molecule has 0 spiro atoms. The molecule has 21 heavy (non-hydrogen) atoms. The van der Waals surface area contributed by atoms with Crippen LogP contribution in [0.25, 0.3) is 0 Å². The van der Waals surface area contributed by atoms with Crippen molar-refractivity contribution in [1.29, 1.82) is 0 Å². The minimum Gasteiger partial charge on any atom is -0.356 e. The monoisotopic (exact) mass is 355 g/mol. The highest BCUT2D eigenvalue weighted by atomic mass is 79.9. The molecular formula is C18H30BrNO. The zero-order valence-electron chi connectivity index (χ0n) is 13.2. The summed E-state index contributed by atoms with van der Waals surface area (Å²) in [6.07, 6.45) is 14.2. The summed E-state index contributed by atoms with van der Waals surface area (Å²) < 4.78 is 0. The molecule has 4 bridgehead atoms. The van der Waals surface area contributed by atoms with Gasteiger partial charge in [0.05, 0.1) is 0 Å². The third-order valence-electron chi connectivity index (χ3n) is 6.08. The predicted octanol–water partition coefficient (Wildman–Crippen LogP) is 4.66. The number of nitrogens with one attached hydrogen (secondary N) is 1. The lowest BCUT2D eigenvalue weighted by Gasteiger charge is -2.56. The molecule has 4 aliphatic carbocycles. The van der Waals surface area contributed by atoms with Gasteiger partial charge in [-0.25, -0.2) is 0 Å². The predicted molar refractivity (Wildman–Crippen MR) is 90.5 cm³/mol. The van der Waals surface area contributed by atoms with Crippen molar-refractivity contribution in [2.75, 3.05) is 11.9 Å². The number of carbonyl (C=O) groups is 1. The lowest BCUT2D eigenvalue weighted by molar-refractivity contribution is -0.129. The van der Waals surface area contributed by atoms with Crippen LogP contribution in [0.1, 0.15) is 70.6 Å². The summed E-state index contributed by atoms with van der Waals surface area (Å²) >= 11 is 3.46. The van der Waals surface area contributed by atoms with Crippen LogP contribution in [-0.4, -0.2) is 17.8 Å². The van der Waals surface area contributed by atoms with E-state index in [0.717, 1.165) is 42.5 Å². The molecule has 3 heteroatoms. The average molecular weight is 356 g/mol. The van der Waals surface area contributed by atoms with Crippen LogP contribution in [0.15, 0.2) is 0 Å². The maximum absolute atomic E-state index is 12.3. The fraction of sp³-hybridized carbons (Fsp3) is 0.944. The normalized spacial score (nSPS) is 36.9. The molecule has 4 saturated carbocycles. The molecule has 2 nitrogen and oxygen atoms in total. The molecule has 4 rings (SSSR count). The maximum Gasteiger partial charge on any atom is 0.220 e. The van der Waals surface area contributed by atoms with Crippen LogP contribution in [0.3, 0.4) is 0 Å². The number of rotatable bonds is 8. The summed E-state index contributed by atoms with van der Waals surface area (Å²) in [6, 6.07) is 0. The highest BCUT2D eigenvalue weighted by molar-refractivity contribution is 9.09. The molecule has 4 fully saturated rings. The number of hydrogen-bond acceptors (Lipinski definition) is 1. The maximum atomic E-state index is 12.3. The van der Waals surface area contributed by atoms with Gasteiger partial charge >= 0.3 is 0 Å². The van der Waals surface area contributed by atoms with Gasteiger partial charge in [0.25, 0.3) is 0 Å². The second-order valence-electron chi connectivity index (χ2n) is 8.05. The molecule has 0 aromatic carbocycles. The number of amides is 1. The van der Waals surface area contributed by atoms with Gasteiger partial charge in [-0.2, -0.15) is 0 Å². The van der Waals surface area contributed by atoms with E-state index in [4.69, 9.17) is 0 Å². The van der Waals surface area contributed by atoms with Gasteiger partial charge in [0.2, 0.25) is 5.91 Å². The zero-order chi connectivity index (χ0) is 14.7. The molecule has 0 unspecified atom stereocenters. The van der Waals surface area contributed by atoms with E-state index in [9.17, 15) is 4.79 Å². The van der Waals surface area contributed by atoms with Crippen LogP contribution in [0.5, 0.6) is 0 Å². The molecule has 0 radical (unpaired) electrons. The summed E-state index contributed by atoms with van der Waals surface area (Å²) in [5.74, 6) is 3.19. The Morgan fingerprint density at radius 2 is 1.52 bits per heavy atom. The Bertz CT molecular complexity index is 333. The summed E-state index contributed by atoms with van der Waals surface area (Å²) in [7, 11) is 0. The Hall–Kier alpha value is -0.0500. The summed E-state index contributed by atoms with van der Waals surface area (Å²) in [4.78, 5) is 12.3. The Labute approximate surface area is 138 Å². The third kappa shape index (κ3) is 4.03. The molecule has 0 aromatic heterocycles. The van der Waals surface area contributed by atoms with E-state index in [-0.39, 0.29) is 0 Å². The van der Waals surface area contributed by atoms with E-state index in [0.29, 0.717) is 11.3 Å². The van der Waals surface area contributed by atoms with Crippen molar-refractivity contribution < 1.29 is 4.79 Å². The summed E-state index contributed by atoms with van der Waals surface area (Å²) in [6.45, 7) is 0.882. The first kappa shape index (κ1) is 15.8. The second-order valence-corrected chi connectivity index (χ2v) is 8.84. The highest BCUT2D eigenvalue weighted by Gasteiger charge is 2.51. The van der Waals surface area contributed by atoms with Crippen molar-refractivity contribution in [3.63, 3.8) is 0 Å². The molecular weight excluding hydrogens is 326 g/mol. The molecule has 4 aliphatic rings. The van der Waals surface area contributed by atoms with E-state index < -0.39 is 0 Å². The van der Waals surface area contributed by atoms with Crippen LogP contribution >= 0.6 is 15.9 Å². The average Bonchev–Trinajstić information content (AvgIpc) is 2.40. The lowest BCUT2D eigenvalue weighted by Crippen LogP contribution is -2.48. The highest BCUT2D eigenvalue weighted by Crippen LogP contribution is 2.61. The first-order valence-electron chi connectivity index (χ1n) is 9.02. The first-order valence-corrected chi connectivity index (χ1v) is 10.1. The topological polar surface area (TPSA) is 29.1 Å². The third-order valence-corrected chi connectivity index (χ3v) is 6.64. The van der Waals surface area contributed by atoms with Gasteiger partial charge in [-0.15, -0.1) is 0 Å². The van der Waals surface area contributed by atoms with Crippen molar-refractivity contribution in [1.82, 2.24) is 5.32 Å². The molecule has 1 N–H and O–H groups in total. The SMILES string of the molecule is O=C(CC12CC3CC(CC(C3)C1)C2)NCCCCCCBr. The van der Waals surface area contributed by atoms with E-state index in [1.807, 2.05) is 0 Å². The van der Waals surface area contributed by atoms with E-state index in [1.54, 1.807) is 0 Å². The van der Waals surface area contributed by atoms with Gasteiger partial charge in [-0.1, -0.05) is 28.8 Å². The van der Waals surface area contributed by atoms with Crippen LogP contribution in [0.2, 0.25) is 0 Å². The van der Waals surface area contributed by atoms with Gasteiger partial charge < -0.3 is 5.32 Å². The fourth-order valence-electron chi connectivity index (χ4n) is 5.71.